The summed E-state index contributed by atoms with van der Waals surface area (Å²) in [6, 6.07) is 14.1. The number of thiazole rings is 1. The first-order chi connectivity index (χ1) is 17.4. The summed E-state index contributed by atoms with van der Waals surface area (Å²) in [6.45, 7) is 11.7. The van der Waals surface area contributed by atoms with E-state index in [2.05, 4.69) is 55.1 Å². The molecule has 36 heavy (non-hydrogen) atoms. The van der Waals surface area contributed by atoms with Gasteiger partial charge < -0.3 is 14.2 Å². The number of fused-ring (bicyclic) bond motifs is 1. The molecule has 0 spiro atoms. The molecular weight excluding hydrogens is 492 g/mol. The summed E-state index contributed by atoms with van der Waals surface area (Å²) in [7, 11) is 0. The van der Waals surface area contributed by atoms with Gasteiger partial charge in [-0.1, -0.05) is 50.7 Å². The van der Waals surface area contributed by atoms with Crippen LogP contribution >= 0.6 is 23.1 Å². The summed E-state index contributed by atoms with van der Waals surface area (Å²) in [5.41, 5.74) is 3.39. The Kier molecular flexibility index (Phi) is 7.02. The lowest BCUT2D eigenvalue weighted by Crippen LogP contribution is -2.11. The highest BCUT2D eigenvalue weighted by molar-refractivity contribution is 7.98. The van der Waals surface area contributed by atoms with Crippen LogP contribution in [0.15, 0.2) is 65.7 Å². The fourth-order valence-corrected chi connectivity index (χ4v) is 5.50. The monoisotopic (exact) mass is 520 g/mol. The van der Waals surface area contributed by atoms with Gasteiger partial charge in [-0.2, -0.15) is 0 Å². The molecule has 1 aliphatic rings. The topological polar surface area (TPSA) is 71.3 Å². The summed E-state index contributed by atoms with van der Waals surface area (Å²) < 4.78 is 18.9. The first-order valence-corrected chi connectivity index (χ1v) is 13.5. The summed E-state index contributed by atoms with van der Waals surface area (Å²) >= 11 is 3.21. The highest BCUT2D eigenvalue weighted by Gasteiger charge is 2.17. The average molecular weight is 521 g/mol. The van der Waals surface area contributed by atoms with Gasteiger partial charge in [-0.05, 0) is 41.3 Å². The summed E-state index contributed by atoms with van der Waals surface area (Å²) in [6.07, 6.45) is 1.84. The Morgan fingerprint density at radius 3 is 2.69 bits per heavy atom. The minimum atomic E-state index is 0.108. The number of rotatable bonds is 9. The quantitative estimate of drug-likeness (QED) is 0.185. The fraction of sp³-hybridized carbons (Fsp3) is 0.296. The van der Waals surface area contributed by atoms with Gasteiger partial charge in [0.05, 0.1) is 5.69 Å². The first kappa shape index (κ1) is 24.4. The molecule has 0 atom stereocenters. The molecule has 5 rings (SSSR count). The predicted molar refractivity (Wildman–Crippen MR) is 143 cm³/mol. The lowest BCUT2D eigenvalue weighted by molar-refractivity contribution is 0.174. The molecule has 186 valence electrons. The molecule has 2 aromatic heterocycles. The van der Waals surface area contributed by atoms with E-state index >= 15 is 0 Å². The van der Waals surface area contributed by atoms with Crippen molar-refractivity contribution in [3.05, 3.63) is 77.6 Å². The zero-order valence-electron chi connectivity index (χ0n) is 20.6. The third kappa shape index (κ3) is 5.42. The van der Waals surface area contributed by atoms with Crippen molar-refractivity contribution in [2.75, 3.05) is 6.79 Å². The average Bonchev–Trinajstić information content (AvgIpc) is 3.61. The van der Waals surface area contributed by atoms with Crippen LogP contribution in [-0.2, 0) is 24.3 Å². The number of thioether (sulfide) groups is 1. The van der Waals surface area contributed by atoms with Gasteiger partial charge in [0.25, 0.3) is 0 Å². The maximum atomic E-state index is 6.01. The Labute approximate surface area is 219 Å². The van der Waals surface area contributed by atoms with Gasteiger partial charge >= 0.3 is 0 Å². The Hall–Kier alpha value is -3.30. The molecule has 4 aromatic rings. The minimum absolute atomic E-state index is 0.108. The zero-order valence-corrected chi connectivity index (χ0v) is 22.2. The largest absolute Gasteiger partial charge is 0.486 e. The van der Waals surface area contributed by atoms with Gasteiger partial charge in [-0.15, -0.1) is 28.1 Å². The van der Waals surface area contributed by atoms with Crippen LogP contribution in [0.1, 0.15) is 37.9 Å². The molecule has 3 heterocycles. The Morgan fingerprint density at radius 2 is 1.92 bits per heavy atom. The van der Waals surface area contributed by atoms with Crippen molar-refractivity contribution in [2.45, 2.75) is 50.2 Å². The van der Waals surface area contributed by atoms with E-state index in [4.69, 9.17) is 19.2 Å². The summed E-state index contributed by atoms with van der Waals surface area (Å²) in [5.74, 6) is 3.79. The van der Waals surface area contributed by atoms with E-state index in [0.717, 1.165) is 44.5 Å². The molecule has 0 amide bonds. The van der Waals surface area contributed by atoms with E-state index in [1.54, 1.807) is 23.1 Å². The second kappa shape index (κ2) is 10.4. The Bertz CT molecular complexity index is 1360. The van der Waals surface area contributed by atoms with Crippen LogP contribution in [0.3, 0.4) is 0 Å². The van der Waals surface area contributed by atoms with Crippen LogP contribution in [0.2, 0.25) is 0 Å². The first-order valence-electron chi connectivity index (χ1n) is 11.6. The number of hydrogen-bond acceptors (Lipinski definition) is 8. The fourth-order valence-electron chi connectivity index (χ4n) is 3.72. The molecule has 0 aliphatic carbocycles. The molecule has 0 saturated heterocycles. The molecule has 0 saturated carbocycles. The van der Waals surface area contributed by atoms with Crippen LogP contribution in [0.25, 0.3) is 10.6 Å². The minimum Gasteiger partial charge on any atom is -0.486 e. The molecule has 0 bridgehead atoms. The van der Waals surface area contributed by atoms with Gasteiger partial charge in [0.1, 0.15) is 17.4 Å². The second-order valence-corrected chi connectivity index (χ2v) is 11.2. The van der Waals surface area contributed by atoms with Crippen molar-refractivity contribution >= 4 is 23.1 Å². The van der Waals surface area contributed by atoms with Crippen molar-refractivity contribution in [3.8, 4) is 27.8 Å². The number of benzene rings is 2. The van der Waals surface area contributed by atoms with Crippen molar-refractivity contribution < 1.29 is 14.2 Å². The van der Waals surface area contributed by atoms with Crippen LogP contribution < -0.4 is 14.2 Å². The van der Waals surface area contributed by atoms with Crippen LogP contribution in [0, 0.1) is 0 Å². The second-order valence-electron chi connectivity index (χ2n) is 9.36. The molecule has 9 heteroatoms. The molecule has 0 fully saturated rings. The molecule has 2 aromatic carbocycles. The SMILES string of the molecule is C=CCn1c(COc2ccc(C(C)(C)C)cc2)nnc1SCc1csc(-c2ccc3c(c2)OCO3)n1. The molecule has 0 unspecified atom stereocenters. The van der Waals surface area contributed by atoms with E-state index in [1.807, 2.05) is 41.0 Å². The lowest BCUT2D eigenvalue weighted by atomic mass is 9.87. The van der Waals surface area contributed by atoms with Gasteiger partial charge in [-0.25, -0.2) is 4.98 Å². The van der Waals surface area contributed by atoms with Crippen molar-refractivity contribution in [1.82, 2.24) is 19.7 Å². The van der Waals surface area contributed by atoms with E-state index in [9.17, 15) is 0 Å². The van der Waals surface area contributed by atoms with E-state index < -0.39 is 0 Å². The van der Waals surface area contributed by atoms with Crippen LogP contribution in [0.4, 0.5) is 0 Å². The van der Waals surface area contributed by atoms with E-state index in [1.165, 1.54) is 5.56 Å². The highest BCUT2D eigenvalue weighted by atomic mass is 32.2. The zero-order chi connectivity index (χ0) is 25.1. The Morgan fingerprint density at radius 1 is 1.11 bits per heavy atom. The standard InChI is InChI=1S/C27H28N4O3S2/c1-5-12-31-24(14-32-21-9-7-19(8-10-21)27(2,3)4)29-30-26(31)36-16-20-15-35-25(28-20)18-6-11-22-23(13-18)34-17-33-22/h5-11,13,15H,1,12,14,16-17H2,2-4H3. The Balaban J connectivity index is 1.23. The van der Waals surface area contributed by atoms with Gasteiger partial charge in [-0.3, -0.25) is 4.57 Å². The van der Waals surface area contributed by atoms with Crippen molar-refractivity contribution in [1.29, 1.82) is 0 Å². The van der Waals surface area contributed by atoms with Crippen LogP contribution in [0.5, 0.6) is 17.2 Å². The summed E-state index contributed by atoms with van der Waals surface area (Å²) in [4.78, 5) is 4.80. The number of nitrogens with zero attached hydrogens (tertiary/aromatic N) is 4. The molecule has 7 nitrogen and oxygen atoms in total. The normalized spacial score (nSPS) is 12.6. The van der Waals surface area contributed by atoms with E-state index in [-0.39, 0.29) is 12.2 Å². The summed E-state index contributed by atoms with van der Waals surface area (Å²) in [5, 5.41) is 12.6. The lowest BCUT2D eigenvalue weighted by Gasteiger charge is -2.19. The van der Waals surface area contributed by atoms with Crippen molar-refractivity contribution in [3.63, 3.8) is 0 Å². The third-order valence-electron chi connectivity index (χ3n) is 5.71. The van der Waals surface area contributed by atoms with E-state index in [0.29, 0.717) is 18.9 Å². The number of allylic oxidation sites excluding steroid dienone is 1. The molecule has 0 N–H and O–H groups in total. The van der Waals surface area contributed by atoms with Crippen LogP contribution in [-0.4, -0.2) is 26.5 Å². The smallest absolute Gasteiger partial charge is 0.231 e. The van der Waals surface area contributed by atoms with Gasteiger partial charge in [0.15, 0.2) is 22.5 Å². The van der Waals surface area contributed by atoms with Gasteiger partial charge in [0.2, 0.25) is 6.79 Å². The molecular formula is C27H28N4O3S2. The maximum absolute atomic E-state index is 6.01. The number of ether oxygens (including phenoxy) is 3. The third-order valence-corrected chi connectivity index (χ3v) is 7.65. The predicted octanol–water partition coefficient (Wildman–Crippen LogP) is 6.49. The molecule has 0 radical (unpaired) electrons. The number of aromatic nitrogens is 4. The highest BCUT2D eigenvalue weighted by Crippen LogP contribution is 2.37. The maximum Gasteiger partial charge on any atom is 0.231 e. The van der Waals surface area contributed by atoms with Crippen molar-refractivity contribution in [2.24, 2.45) is 0 Å². The number of hydrogen-bond donors (Lipinski definition) is 0. The van der Waals surface area contributed by atoms with Gasteiger partial charge in [0, 0.05) is 23.2 Å². The molecule has 1 aliphatic heterocycles.